The lowest BCUT2D eigenvalue weighted by Crippen LogP contribution is -2.38. The van der Waals surface area contributed by atoms with E-state index < -0.39 is 6.17 Å². The van der Waals surface area contributed by atoms with E-state index in [1.165, 1.54) is 4.68 Å². The third-order valence-corrected chi connectivity index (χ3v) is 5.84. The normalized spacial score (nSPS) is 21.3. The minimum Gasteiger partial charge on any atom is -0.497 e. The highest BCUT2D eigenvalue weighted by Crippen LogP contribution is 2.26. The number of halogens is 1. The molecule has 1 aromatic heterocycles. The summed E-state index contributed by atoms with van der Waals surface area (Å²) in [7, 11) is 1.57. The fourth-order valence-corrected chi connectivity index (χ4v) is 4.22. The van der Waals surface area contributed by atoms with Gasteiger partial charge in [0.2, 0.25) is 0 Å². The van der Waals surface area contributed by atoms with Crippen LogP contribution in [-0.4, -0.2) is 75.6 Å². The number of amides is 2. The molecule has 0 radical (unpaired) electrons. The average Bonchev–Trinajstić information content (AvgIpc) is 3.48. The van der Waals surface area contributed by atoms with Crippen LogP contribution in [0.3, 0.4) is 0 Å². The Morgan fingerprint density at radius 2 is 2.00 bits per heavy atom. The van der Waals surface area contributed by atoms with Crippen LogP contribution < -0.4 is 4.74 Å². The first-order valence-electron chi connectivity index (χ1n) is 10.3. The van der Waals surface area contributed by atoms with E-state index in [1.54, 1.807) is 41.3 Å². The molecule has 3 heterocycles. The smallest absolute Gasteiger partial charge is 0.276 e. The molecule has 30 heavy (non-hydrogen) atoms. The molecule has 2 aliphatic rings. The number of rotatable bonds is 5. The summed E-state index contributed by atoms with van der Waals surface area (Å²) in [4.78, 5) is 28.9. The first-order valence-corrected chi connectivity index (χ1v) is 10.3. The van der Waals surface area contributed by atoms with Gasteiger partial charge in [0.05, 0.1) is 32.4 Å². The Bertz CT molecular complexity index is 940. The number of nitrogens with zero attached hydrogens (tertiary/aromatic N) is 5. The quantitative estimate of drug-likeness (QED) is 0.747. The van der Waals surface area contributed by atoms with Crippen molar-refractivity contribution >= 4 is 11.8 Å². The van der Waals surface area contributed by atoms with Crippen LogP contribution in [0, 0.1) is 6.92 Å². The van der Waals surface area contributed by atoms with E-state index in [1.807, 2.05) is 6.92 Å². The van der Waals surface area contributed by atoms with Crippen LogP contribution in [-0.2, 0) is 6.54 Å². The molecule has 2 aromatic rings. The molecule has 0 saturated carbocycles. The average molecular weight is 415 g/mol. The molecule has 2 aliphatic heterocycles. The van der Waals surface area contributed by atoms with Crippen molar-refractivity contribution in [1.29, 1.82) is 0 Å². The van der Waals surface area contributed by atoms with Gasteiger partial charge in [-0.25, -0.2) is 9.07 Å². The van der Waals surface area contributed by atoms with Crippen molar-refractivity contribution in [3.63, 3.8) is 0 Å². The van der Waals surface area contributed by atoms with Crippen LogP contribution in [0.15, 0.2) is 24.4 Å². The minimum atomic E-state index is -1.09. The molecule has 2 saturated heterocycles. The van der Waals surface area contributed by atoms with E-state index in [0.29, 0.717) is 17.9 Å². The first kappa shape index (κ1) is 20.3. The van der Waals surface area contributed by atoms with Gasteiger partial charge in [-0.15, -0.1) is 5.10 Å². The molecule has 2 atom stereocenters. The fraction of sp³-hybridized carbons (Fsp3) is 0.524. The van der Waals surface area contributed by atoms with Gasteiger partial charge in [-0.05, 0) is 43.5 Å². The molecular weight excluding hydrogens is 389 g/mol. The number of benzene rings is 1. The van der Waals surface area contributed by atoms with E-state index in [2.05, 4.69) is 10.3 Å². The number of likely N-dealkylation sites (tertiary alicyclic amines) is 2. The second-order valence-electron chi connectivity index (χ2n) is 7.95. The van der Waals surface area contributed by atoms with Crippen LogP contribution in [0.4, 0.5) is 4.39 Å². The molecule has 0 spiro atoms. The summed E-state index contributed by atoms with van der Waals surface area (Å²) in [5.74, 6) is 0.326. The topological polar surface area (TPSA) is 80.6 Å². The predicted octanol–water partition coefficient (Wildman–Crippen LogP) is 2.08. The lowest BCUT2D eigenvalue weighted by atomic mass is 10.1. The number of ether oxygens (including phenoxy) is 1. The zero-order valence-electron chi connectivity index (χ0n) is 17.3. The molecule has 2 fully saturated rings. The first-order chi connectivity index (χ1) is 14.5. The Labute approximate surface area is 174 Å². The van der Waals surface area contributed by atoms with Gasteiger partial charge >= 0.3 is 0 Å². The number of aromatic nitrogens is 3. The third-order valence-electron chi connectivity index (χ3n) is 5.84. The standard InChI is InChI=1S/C21H26FN5O3/c1-14-9-17(30-2)5-6-18(14)20(28)27-11-15(22)10-16(27)12-26-13-19(23-24-26)21(29)25-7-3-4-8-25/h5-6,9,13,15-16H,3-4,7-8,10-12H2,1-2H3/t15-,16-/m0/s1. The molecule has 8 nitrogen and oxygen atoms in total. The SMILES string of the molecule is COc1ccc(C(=O)N2C[C@@H](F)C[C@H]2Cn2cc(C(=O)N3CCCC3)nn2)c(C)c1. The Kier molecular flexibility index (Phi) is 5.69. The predicted molar refractivity (Wildman–Crippen MR) is 107 cm³/mol. The minimum absolute atomic E-state index is 0.0449. The van der Waals surface area contributed by atoms with Gasteiger partial charge in [0.25, 0.3) is 11.8 Å². The number of carbonyl (C=O) groups excluding carboxylic acids is 2. The van der Waals surface area contributed by atoms with Crippen LogP contribution in [0.25, 0.3) is 0 Å². The number of carbonyl (C=O) groups is 2. The largest absolute Gasteiger partial charge is 0.497 e. The highest BCUT2D eigenvalue weighted by Gasteiger charge is 2.37. The van der Waals surface area contributed by atoms with E-state index in [-0.39, 0.29) is 36.5 Å². The maximum atomic E-state index is 14.2. The van der Waals surface area contributed by atoms with Gasteiger partial charge in [-0.3, -0.25) is 9.59 Å². The fourth-order valence-electron chi connectivity index (χ4n) is 4.22. The van der Waals surface area contributed by atoms with Crippen LogP contribution in [0.1, 0.15) is 45.7 Å². The molecule has 0 aliphatic carbocycles. The molecule has 4 rings (SSSR count). The zero-order valence-corrected chi connectivity index (χ0v) is 17.3. The molecule has 160 valence electrons. The van der Waals surface area contributed by atoms with Gasteiger partial charge in [0.1, 0.15) is 11.9 Å². The van der Waals surface area contributed by atoms with Crippen molar-refractivity contribution in [1.82, 2.24) is 24.8 Å². The van der Waals surface area contributed by atoms with Crippen LogP contribution in [0.2, 0.25) is 0 Å². The van der Waals surface area contributed by atoms with Crippen molar-refractivity contribution < 1.29 is 18.7 Å². The van der Waals surface area contributed by atoms with Crippen LogP contribution >= 0.6 is 0 Å². The highest BCUT2D eigenvalue weighted by molar-refractivity contribution is 5.96. The zero-order chi connectivity index (χ0) is 21.3. The molecular formula is C21H26FN5O3. The summed E-state index contributed by atoms with van der Waals surface area (Å²) >= 11 is 0. The van der Waals surface area contributed by atoms with Gasteiger partial charge in [0.15, 0.2) is 5.69 Å². The van der Waals surface area contributed by atoms with Crippen LogP contribution in [0.5, 0.6) is 5.75 Å². The molecule has 0 unspecified atom stereocenters. The summed E-state index contributed by atoms with van der Waals surface area (Å²) in [6, 6.07) is 4.87. The molecule has 0 bridgehead atoms. The second-order valence-corrected chi connectivity index (χ2v) is 7.95. The molecule has 1 aromatic carbocycles. The summed E-state index contributed by atoms with van der Waals surface area (Å²) in [6.07, 6.45) is 2.74. The van der Waals surface area contributed by atoms with E-state index in [4.69, 9.17) is 4.74 Å². The van der Waals surface area contributed by atoms with Crippen molar-refractivity contribution in [2.75, 3.05) is 26.7 Å². The molecule has 0 N–H and O–H groups in total. The lowest BCUT2D eigenvalue weighted by molar-refractivity contribution is 0.0712. The maximum absolute atomic E-state index is 14.2. The monoisotopic (exact) mass is 415 g/mol. The number of hydrogen-bond donors (Lipinski definition) is 0. The number of hydrogen-bond acceptors (Lipinski definition) is 5. The Morgan fingerprint density at radius 1 is 1.23 bits per heavy atom. The summed E-state index contributed by atoms with van der Waals surface area (Å²) in [5, 5.41) is 8.04. The highest BCUT2D eigenvalue weighted by atomic mass is 19.1. The number of aryl methyl sites for hydroxylation is 1. The van der Waals surface area contributed by atoms with Crippen molar-refractivity contribution in [2.45, 2.75) is 44.9 Å². The Balaban J connectivity index is 1.48. The van der Waals surface area contributed by atoms with Gasteiger partial charge in [0, 0.05) is 25.1 Å². The van der Waals surface area contributed by atoms with Gasteiger partial charge in [-0.2, -0.15) is 0 Å². The summed E-state index contributed by atoms with van der Waals surface area (Å²) in [5.41, 5.74) is 1.59. The number of alkyl halides is 1. The lowest BCUT2D eigenvalue weighted by Gasteiger charge is -2.25. The van der Waals surface area contributed by atoms with Gasteiger partial charge in [-0.1, -0.05) is 5.21 Å². The van der Waals surface area contributed by atoms with Crippen molar-refractivity contribution in [2.24, 2.45) is 0 Å². The maximum Gasteiger partial charge on any atom is 0.276 e. The van der Waals surface area contributed by atoms with Crippen molar-refractivity contribution in [3.05, 3.63) is 41.2 Å². The summed E-state index contributed by atoms with van der Waals surface area (Å²) < 4.78 is 21.0. The summed E-state index contributed by atoms with van der Waals surface area (Å²) in [6.45, 7) is 3.65. The number of methoxy groups -OCH3 is 1. The van der Waals surface area contributed by atoms with E-state index in [0.717, 1.165) is 31.5 Å². The Morgan fingerprint density at radius 3 is 2.70 bits per heavy atom. The third kappa shape index (κ3) is 4.01. The van der Waals surface area contributed by atoms with E-state index in [9.17, 15) is 14.0 Å². The second kappa shape index (κ2) is 8.41. The Hall–Kier alpha value is -2.97. The van der Waals surface area contributed by atoms with Crippen molar-refractivity contribution in [3.8, 4) is 5.75 Å². The molecule has 9 heteroatoms. The molecule has 2 amide bonds. The van der Waals surface area contributed by atoms with E-state index >= 15 is 0 Å². The van der Waals surface area contributed by atoms with Gasteiger partial charge < -0.3 is 14.5 Å².